The third-order valence-corrected chi connectivity index (χ3v) is 9.03. The maximum atomic E-state index is 14.0. The van der Waals surface area contributed by atoms with Crippen LogP contribution in [0.2, 0.25) is 0 Å². The lowest BCUT2D eigenvalue weighted by molar-refractivity contribution is -0.159. The standard InChI is InChI=1S/C28H33FN6O9S/c1-44-26(39)17-23-28(41)34(18-25(37)38)14-15-35(23)27(40)22(31-45(42,43)21-4-2-19(29)3-5-21)16-24(36)33-12-10-32(11-13-33)20-6-8-30-9-7-20/h2-9,22-23,31H,10-18H2,1H3,(H,37,38). The number of anilines is 1. The Morgan fingerprint density at radius 1 is 1.02 bits per heavy atom. The summed E-state index contributed by atoms with van der Waals surface area (Å²) < 4.78 is 47.0. The van der Waals surface area contributed by atoms with E-state index in [1.54, 1.807) is 12.4 Å². The number of carboxylic acids is 1. The lowest BCUT2D eigenvalue weighted by Gasteiger charge is -2.41. The van der Waals surface area contributed by atoms with Gasteiger partial charge in [-0.3, -0.25) is 29.0 Å². The van der Waals surface area contributed by atoms with Gasteiger partial charge in [-0.05, 0) is 36.4 Å². The van der Waals surface area contributed by atoms with Crippen molar-refractivity contribution in [2.24, 2.45) is 0 Å². The molecule has 15 nitrogen and oxygen atoms in total. The van der Waals surface area contributed by atoms with E-state index < -0.39 is 77.0 Å². The van der Waals surface area contributed by atoms with E-state index in [-0.39, 0.29) is 31.1 Å². The van der Waals surface area contributed by atoms with E-state index in [1.165, 1.54) is 4.90 Å². The largest absolute Gasteiger partial charge is 0.480 e. The van der Waals surface area contributed by atoms with Crippen molar-refractivity contribution in [2.45, 2.75) is 29.8 Å². The fraction of sp³-hybridized carbons (Fsp3) is 0.429. The Bertz CT molecular complexity index is 1520. The number of carbonyl (C=O) groups is 5. The molecule has 2 saturated heterocycles. The van der Waals surface area contributed by atoms with E-state index in [0.29, 0.717) is 13.1 Å². The molecule has 2 unspecified atom stereocenters. The number of pyridine rings is 1. The van der Waals surface area contributed by atoms with Crippen LogP contribution in [0.1, 0.15) is 12.8 Å². The molecule has 2 fully saturated rings. The van der Waals surface area contributed by atoms with Gasteiger partial charge in [0.25, 0.3) is 0 Å². The summed E-state index contributed by atoms with van der Waals surface area (Å²) >= 11 is 0. The summed E-state index contributed by atoms with van der Waals surface area (Å²) in [5.74, 6) is -5.21. The van der Waals surface area contributed by atoms with Crippen molar-refractivity contribution in [1.29, 1.82) is 0 Å². The number of esters is 1. The van der Waals surface area contributed by atoms with Crippen LogP contribution in [-0.4, -0.2) is 128 Å². The number of aliphatic carboxylic acids is 1. The number of carbonyl (C=O) groups excluding carboxylic acids is 4. The molecule has 2 N–H and O–H groups in total. The Hall–Kier alpha value is -4.64. The van der Waals surface area contributed by atoms with Crippen LogP contribution in [0.25, 0.3) is 0 Å². The Balaban J connectivity index is 1.58. The second-order valence-electron chi connectivity index (χ2n) is 10.4. The molecule has 45 heavy (non-hydrogen) atoms. The minimum Gasteiger partial charge on any atom is -0.480 e. The first-order valence-corrected chi connectivity index (χ1v) is 15.5. The highest BCUT2D eigenvalue weighted by Crippen LogP contribution is 2.21. The number of methoxy groups -OCH3 is 1. The number of carboxylic acid groups (broad SMARTS) is 1. The highest BCUT2D eigenvalue weighted by atomic mass is 32.2. The van der Waals surface area contributed by atoms with E-state index in [9.17, 15) is 41.9 Å². The highest BCUT2D eigenvalue weighted by molar-refractivity contribution is 7.89. The lowest BCUT2D eigenvalue weighted by atomic mass is 10.0. The summed E-state index contributed by atoms with van der Waals surface area (Å²) in [4.78, 5) is 73.2. The summed E-state index contributed by atoms with van der Waals surface area (Å²) in [5, 5.41) is 9.20. The molecule has 2 aromatic rings. The summed E-state index contributed by atoms with van der Waals surface area (Å²) in [6, 6.07) is 4.27. The number of hydrogen-bond acceptors (Lipinski definition) is 10. The van der Waals surface area contributed by atoms with Crippen molar-refractivity contribution in [1.82, 2.24) is 24.4 Å². The van der Waals surface area contributed by atoms with Gasteiger partial charge in [0, 0.05) is 57.3 Å². The van der Waals surface area contributed by atoms with Crippen LogP contribution in [0.4, 0.5) is 10.1 Å². The minimum atomic E-state index is -4.48. The van der Waals surface area contributed by atoms with E-state index >= 15 is 0 Å². The number of sulfonamides is 1. The predicted molar refractivity (Wildman–Crippen MR) is 155 cm³/mol. The number of nitrogens with zero attached hydrogens (tertiary/aromatic N) is 5. The molecule has 1 aromatic carbocycles. The van der Waals surface area contributed by atoms with Gasteiger partial charge in [0.15, 0.2) is 0 Å². The average molecular weight is 649 g/mol. The number of hydrogen-bond donors (Lipinski definition) is 2. The van der Waals surface area contributed by atoms with Gasteiger partial charge in [0.2, 0.25) is 27.7 Å². The van der Waals surface area contributed by atoms with Crippen LogP contribution in [0.15, 0.2) is 53.7 Å². The van der Waals surface area contributed by atoms with E-state index in [0.717, 1.165) is 46.9 Å². The molecule has 0 aliphatic carbocycles. The molecular formula is C28H33FN6O9S. The van der Waals surface area contributed by atoms with Crippen molar-refractivity contribution in [3.05, 3.63) is 54.6 Å². The summed E-state index contributed by atoms with van der Waals surface area (Å²) in [7, 11) is -3.41. The molecule has 3 heterocycles. The van der Waals surface area contributed by atoms with Crippen LogP contribution in [-0.2, 0) is 38.7 Å². The smallest absolute Gasteiger partial charge is 0.323 e. The Kier molecular flexibility index (Phi) is 10.7. The molecule has 2 aliphatic rings. The number of aromatic nitrogens is 1. The Morgan fingerprint density at radius 2 is 1.67 bits per heavy atom. The van der Waals surface area contributed by atoms with Crippen LogP contribution in [0.3, 0.4) is 0 Å². The van der Waals surface area contributed by atoms with Crippen molar-refractivity contribution in [3.8, 4) is 0 Å². The second kappa shape index (κ2) is 14.4. The number of ether oxygens (including phenoxy) is 1. The number of benzene rings is 1. The molecule has 2 aliphatic heterocycles. The van der Waals surface area contributed by atoms with Gasteiger partial charge >= 0.3 is 11.9 Å². The summed E-state index contributed by atoms with van der Waals surface area (Å²) in [6.45, 7) is 0.370. The molecule has 4 rings (SSSR count). The number of rotatable bonds is 11. The number of amides is 3. The first kappa shape index (κ1) is 33.3. The lowest BCUT2D eigenvalue weighted by Crippen LogP contribution is -2.63. The third-order valence-electron chi connectivity index (χ3n) is 7.54. The summed E-state index contributed by atoms with van der Waals surface area (Å²) in [6.07, 6.45) is 2.05. The van der Waals surface area contributed by atoms with Gasteiger partial charge in [-0.2, -0.15) is 4.72 Å². The Morgan fingerprint density at radius 3 is 2.27 bits per heavy atom. The zero-order valence-corrected chi connectivity index (χ0v) is 25.2. The average Bonchev–Trinajstić information content (AvgIpc) is 3.02. The topological polar surface area (TPSA) is 187 Å². The SMILES string of the molecule is COC(=O)CC1C(=O)N(CC(=O)O)CCN1C(=O)C(CC(=O)N1CCN(c2ccncc2)CC1)NS(=O)(=O)c1ccc(F)cc1. The van der Waals surface area contributed by atoms with Crippen molar-refractivity contribution >= 4 is 45.4 Å². The second-order valence-corrected chi connectivity index (χ2v) is 12.1. The molecule has 2 atom stereocenters. The van der Waals surface area contributed by atoms with E-state index in [2.05, 4.69) is 14.4 Å². The predicted octanol–water partition coefficient (Wildman–Crippen LogP) is -0.706. The van der Waals surface area contributed by atoms with Gasteiger partial charge in [-0.25, -0.2) is 12.8 Å². The molecule has 0 spiro atoms. The molecule has 0 bridgehead atoms. The van der Waals surface area contributed by atoms with Crippen molar-refractivity contribution < 1.29 is 46.6 Å². The van der Waals surface area contributed by atoms with Crippen molar-refractivity contribution in [3.63, 3.8) is 0 Å². The monoisotopic (exact) mass is 648 g/mol. The maximum Gasteiger partial charge on any atom is 0.323 e. The quantitative estimate of drug-likeness (QED) is 0.293. The number of nitrogens with one attached hydrogen (secondary N) is 1. The molecule has 3 amide bonds. The first-order valence-electron chi connectivity index (χ1n) is 14.0. The maximum absolute atomic E-state index is 14.0. The highest BCUT2D eigenvalue weighted by Gasteiger charge is 2.43. The van der Waals surface area contributed by atoms with Gasteiger partial charge < -0.3 is 29.4 Å². The molecular weight excluding hydrogens is 615 g/mol. The van der Waals surface area contributed by atoms with Crippen LogP contribution in [0.5, 0.6) is 0 Å². The molecule has 17 heteroatoms. The van der Waals surface area contributed by atoms with Gasteiger partial charge in [0.05, 0.1) is 24.8 Å². The fourth-order valence-corrected chi connectivity index (χ4v) is 6.37. The van der Waals surface area contributed by atoms with Crippen LogP contribution < -0.4 is 9.62 Å². The zero-order chi connectivity index (χ0) is 32.7. The number of halogens is 1. The molecule has 0 saturated carbocycles. The molecule has 1 aromatic heterocycles. The van der Waals surface area contributed by atoms with Gasteiger partial charge in [0.1, 0.15) is 24.4 Å². The Labute approximate surface area is 258 Å². The normalized spacial score (nSPS) is 18.0. The van der Waals surface area contributed by atoms with Crippen molar-refractivity contribution in [2.75, 3.05) is 57.8 Å². The number of piperazine rings is 2. The zero-order valence-electron chi connectivity index (χ0n) is 24.4. The third kappa shape index (κ3) is 8.30. The van der Waals surface area contributed by atoms with Crippen LogP contribution in [0, 0.1) is 5.82 Å². The van der Waals surface area contributed by atoms with Crippen LogP contribution >= 0.6 is 0 Å². The summed E-state index contributed by atoms with van der Waals surface area (Å²) in [5.41, 5.74) is 0.917. The molecule has 0 radical (unpaired) electrons. The first-order chi connectivity index (χ1) is 21.4. The minimum absolute atomic E-state index is 0.211. The van der Waals surface area contributed by atoms with Gasteiger partial charge in [-0.1, -0.05) is 0 Å². The molecule has 242 valence electrons. The van der Waals surface area contributed by atoms with E-state index in [4.69, 9.17) is 0 Å². The fourth-order valence-electron chi connectivity index (χ4n) is 5.18. The van der Waals surface area contributed by atoms with E-state index in [1.807, 2.05) is 17.0 Å². The van der Waals surface area contributed by atoms with Gasteiger partial charge in [-0.15, -0.1) is 0 Å².